The van der Waals surface area contributed by atoms with Gasteiger partial charge < -0.3 is 41.9 Å². The van der Waals surface area contributed by atoms with E-state index in [0.717, 1.165) is 16.5 Å². The summed E-state index contributed by atoms with van der Waals surface area (Å²) in [5.74, 6) is -3.52. The molecule has 2 aromatic carbocycles. The first-order chi connectivity index (χ1) is 21.0. The van der Waals surface area contributed by atoms with Crippen molar-refractivity contribution in [2.45, 2.75) is 57.3 Å². The van der Waals surface area contributed by atoms with Crippen LogP contribution in [0.3, 0.4) is 0 Å². The monoisotopic (exact) mass is 603 g/mol. The predicted molar refractivity (Wildman–Crippen MR) is 162 cm³/mol. The van der Waals surface area contributed by atoms with Gasteiger partial charge in [0.2, 0.25) is 17.7 Å². The predicted octanol–water partition coefficient (Wildman–Crippen LogP) is 1.15. The lowest BCUT2D eigenvalue weighted by molar-refractivity contribution is -0.142. The second-order valence-electron chi connectivity index (χ2n) is 11.0. The first kappa shape index (κ1) is 31.8. The van der Waals surface area contributed by atoms with E-state index in [0.29, 0.717) is 11.3 Å². The molecule has 232 valence electrons. The van der Waals surface area contributed by atoms with Gasteiger partial charge in [0, 0.05) is 48.3 Å². The Balaban J connectivity index is 1.48. The van der Waals surface area contributed by atoms with Gasteiger partial charge in [-0.05, 0) is 35.2 Å². The highest BCUT2D eigenvalue weighted by atomic mass is 16.4. The molecule has 0 spiro atoms. The zero-order valence-electron chi connectivity index (χ0n) is 24.4. The molecule has 0 fully saturated rings. The number of carbonyl (C=O) groups excluding carboxylic acids is 3. The third kappa shape index (κ3) is 8.22. The molecule has 0 saturated heterocycles. The number of carbonyl (C=O) groups is 4. The Morgan fingerprint density at radius 3 is 2.23 bits per heavy atom. The van der Waals surface area contributed by atoms with Crippen LogP contribution in [-0.2, 0) is 38.4 Å². The van der Waals surface area contributed by atoms with Gasteiger partial charge in [0.15, 0.2) is 0 Å². The molecule has 0 saturated carbocycles. The van der Waals surface area contributed by atoms with Crippen molar-refractivity contribution in [2.24, 2.45) is 11.7 Å². The maximum absolute atomic E-state index is 13.6. The highest BCUT2D eigenvalue weighted by Crippen LogP contribution is 2.19. The number of phenolic OH excluding ortho intramolecular Hbond substituents is 1. The number of nitrogens with zero attached hydrogens (tertiary/aromatic N) is 1. The number of H-pyrrole nitrogens is 2. The van der Waals surface area contributed by atoms with Crippen LogP contribution in [0.25, 0.3) is 10.9 Å². The molecule has 4 rings (SSSR count). The van der Waals surface area contributed by atoms with Gasteiger partial charge in [0.25, 0.3) is 0 Å². The van der Waals surface area contributed by atoms with Crippen molar-refractivity contribution < 1.29 is 29.4 Å². The Morgan fingerprint density at radius 1 is 0.864 bits per heavy atom. The summed E-state index contributed by atoms with van der Waals surface area (Å²) < 4.78 is 0. The Morgan fingerprint density at radius 2 is 1.57 bits per heavy atom. The van der Waals surface area contributed by atoms with Crippen LogP contribution in [0.4, 0.5) is 0 Å². The van der Waals surface area contributed by atoms with Crippen molar-refractivity contribution in [3.63, 3.8) is 0 Å². The van der Waals surface area contributed by atoms with E-state index in [4.69, 9.17) is 5.73 Å². The summed E-state index contributed by atoms with van der Waals surface area (Å²) in [6, 6.07) is 9.10. The highest BCUT2D eigenvalue weighted by Gasteiger charge is 2.32. The second kappa shape index (κ2) is 14.3. The van der Waals surface area contributed by atoms with Crippen molar-refractivity contribution >= 4 is 34.6 Å². The molecule has 0 radical (unpaired) electrons. The smallest absolute Gasteiger partial charge is 0.326 e. The number of aromatic hydroxyl groups is 1. The fraction of sp³-hybridized carbons (Fsp3) is 0.323. The van der Waals surface area contributed by atoms with Gasteiger partial charge in [0.05, 0.1) is 12.4 Å². The van der Waals surface area contributed by atoms with E-state index in [1.54, 1.807) is 38.4 Å². The van der Waals surface area contributed by atoms with Crippen LogP contribution >= 0.6 is 0 Å². The van der Waals surface area contributed by atoms with Crippen molar-refractivity contribution in [2.75, 3.05) is 0 Å². The molecular weight excluding hydrogens is 566 g/mol. The largest absolute Gasteiger partial charge is 0.508 e. The Kier molecular flexibility index (Phi) is 10.3. The number of amides is 3. The molecule has 0 bridgehead atoms. The average molecular weight is 604 g/mol. The number of hydrogen-bond acceptors (Lipinski definition) is 7. The maximum atomic E-state index is 13.6. The molecule has 0 aliphatic rings. The topological polar surface area (TPSA) is 215 Å². The number of hydrogen-bond donors (Lipinski definition) is 8. The van der Waals surface area contributed by atoms with Crippen LogP contribution in [-0.4, -0.2) is 73.0 Å². The van der Waals surface area contributed by atoms with Gasteiger partial charge in [0.1, 0.15) is 23.9 Å². The van der Waals surface area contributed by atoms with Gasteiger partial charge in [-0.15, -0.1) is 0 Å². The third-order valence-corrected chi connectivity index (χ3v) is 7.30. The summed E-state index contributed by atoms with van der Waals surface area (Å²) in [5.41, 5.74) is 8.94. The van der Waals surface area contributed by atoms with E-state index in [1.165, 1.54) is 18.5 Å². The van der Waals surface area contributed by atoms with Crippen molar-refractivity contribution in [3.05, 3.63) is 84.1 Å². The van der Waals surface area contributed by atoms with Crippen molar-refractivity contribution in [1.82, 2.24) is 30.9 Å². The van der Waals surface area contributed by atoms with E-state index in [2.05, 4.69) is 30.9 Å². The van der Waals surface area contributed by atoms with E-state index < -0.39 is 53.8 Å². The standard InChI is InChI=1S/C31H37N7O6/c1-17(2)27(30(42)37-26(31(43)44)12-19-14-34-24-6-4-3-5-22(19)24)38-29(41)25(11-18-7-9-21(39)10-8-18)36-28(40)23(32)13-20-15-33-16-35-20/h3-10,14-17,23,25-27,34,39H,11-13,32H2,1-2H3,(H,33,35)(H,36,40)(H,37,42)(H,38,41)(H,43,44). The van der Waals surface area contributed by atoms with Gasteiger partial charge in [-0.2, -0.15) is 0 Å². The van der Waals surface area contributed by atoms with Crippen molar-refractivity contribution in [3.8, 4) is 5.75 Å². The van der Waals surface area contributed by atoms with Gasteiger partial charge in [-0.25, -0.2) is 9.78 Å². The minimum absolute atomic E-state index is 0.0254. The molecule has 0 aliphatic carbocycles. The van der Waals surface area contributed by atoms with Crippen LogP contribution in [0.15, 0.2) is 67.3 Å². The van der Waals surface area contributed by atoms with E-state index in [9.17, 15) is 29.4 Å². The summed E-state index contributed by atoms with van der Waals surface area (Å²) in [6.45, 7) is 3.43. The number of nitrogens with one attached hydrogen (secondary N) is 5. The summed E-state index contributed by atoms with van der Waals surface area (Å²) in [6.07, 6.45) is 4.94. The molecule has 13 heteroatoms. The minimum Gasteiger partial charge on any atom is -0.508 e. The lowest BCUT2D eigenvalue weighted by atomic mass is 9.99. The Labute approximate surface area is 253 Å². The number of imidazole rings is 1. The highest BCUT2D eigenvalue weighted by molar-refractivity contribution is 5.94. The first-order valence-electron chi connectivity index (χ1n) is 14.2. The number of nitrogens with two attached hydrogens (primary N) is 1. The molecule has 0 aliphatic heterocycles. The third-order valence-electron chi connectivity index (χ3n) is 7.30. The van der Waals surface area contributed by atoms with Gasteiger partial charge >= 0.3 is 5.97 Å². The molecule has 44 heavy (non-hydrogen) atoms. The van der Waals surface area contributed by atoms with Crippen LogP contribution in [0.1, 0.15) is 30.7 Å². The van der Waals surface area contributed by atoms with E-state index in [-0.39, 0.29) is 25.0 Å². The fourth-order valence-corrected chi connectivity index (χ4v) is 4.85. The molecule has 4 aromatic rings. The number of phenols is 1. The molecule has 13 nitrogen and oxygen atoms in total. The fourth-order valence-electron chi connectivity index (χ4n) is 4.85. The first-order valence-corrected chi connectivity index (χ1v) is 14.2. The summed E-state index contributed by atoms with van der Waals surface area (Å²) in [7, 11) is 0. The molecule has 4 atom stereocenters. The number of carboxylic acid groups (broad SMARTS) is 1. The van der Waals surface area contributed by atoms with Gasteiger partial charge in [-0.3, -0.25) is 14.4 Å². The molecular formula is C31H37N7O6. The molecule has 9 N–H and O–H groups in total. The number of aromatic amines is 2. The quantitative estimate of drug-likeness (QED) is 0.104. The Hall–Kier alpha value is -5.17. The SMILES string of the molecule is CC(C)C(NC(=O)C(Cc1ccc(O)cc1)NC(=O)C(N)Cc1cnc[nH]1)C(=O)NC(Cc1c[nH]c2ccccc12)C(=O)O. The average Bonchev–Trinajstić information content (AvgIpc) is 3.66. The second-order valence-corrected chi connectivity index (χ2v) is 11.0. The van der Waals surface area contributed by atoms with Crippen molar-refractivity contribution in [1.29, 1.82) is 0 Å². The number of aliphatic carboxylic acids is 1. The number of fused-ring (bicyclic) bond motifs is 1. The molecule has 4 unspecified atom stereocenters. The van der Waals surface area contributed by atoms with Crippen LogP contribution in [0, 0.1) is 5.92 Å². The summed E-state index contributed by atoms with van der Waals surface area (Å²) in [5, 5.41) is 28.4. The van der Waals surface area contributed by atoms with Crippen LogP contribution < -0.4 is 21.7 Å². The minimum atomic E-state index is -1.26. The summed E-state index contributed by atoms with van der Waals surface area (Å²) in [4.78, 5) is 62.1. The number of aromatic nitrogens is 3. The zero-order chi connectivity index (χ0) is 31.8. The molecule has 3 amide bonds. The van der Waals surface area contributed by atoms with Gasteiger partial charge in [-0.1, -0.05) is 44.2 Å². The number of carboxylic acids is 1. The molecule has 2 heterocycles. The lowest BCUT2D eigenvalue weighted by Crippen LogP contribution is -2.59. The van der Waals surface area contributed by atoms with E-state index in [1.807, 2.05) is 24.3 Å². The Bertz CT molecular complexity index is 1580. The molecule has 2 aromatic heterocycles. The zero-order valence-corrected chi connectivity index (χ0v) is 24.4. The number of benzene rings is 2. The normalized spacial score (nSPS) is 14.0. The maximum Gasteiger partial charge on any atom is 0.326 e. The van der Waals surface area contributed by atoms with Crippen LogP contribution in [0.5, 0.6) is 5.75 Å². The van der Waals surface area contributed by atoms with E-state index >= 15 is 0 Å². The lowest BCUT2D eigenvalue weighted by Gasteiger charge is -2.27. The van der Waals surface area contributed by atoms with Crippen LogP contribution in [0.2, 0.25) is 0 Å². The number of para-hydroxylation sites is 1. The summed E-state index contributed by atoms with van der Waals surface area (Å²) >= 11 is 0. The number of rotatable bonds is 14.